The van der Waals surface area contributed by atoms with Crippen LogP contribution in [0.5, 0.6) is 0 Å². The number of nitrogens with zero attached hydrogens (tertiary/aromatic N) is 1. The molecular weight excluding hydrogens is 438 g/mol. The molecule has 1 aromatic carbocycles. The van der Waals surface area contributed by atoms with E-state index in [0.29, 0.717) is 21.9 Å². The zero-order chi connectivity index (χ0) is 16.3. The van der Waals surface area contributed by atoms with Crippen molar-refractivity contribution in [1.29, 1.82) is 0 Å². The zero-order valence-corrected chi connectivity index (χ0v) is 16.1. The van der Waals surface area contributed by atoms with Crippen LogP contribution in [0.2, 0.25) is 0 Å². The van der Waals surface area contributed by atoms with Gasteiger partial charge in [-0.3, -0.25) is 4.79 Å². The highest BCUT2D eigenvalue weighted by molar-refractivity contribution is 9.11. The van der Waals surface area contributed by atoms with Crippen molar-refractivity contribution in [2.75, 3.05) is 13.2 Å². The summed E-state index contributed by atoms with van der Waals surface area (Å²) in [5.41, 5.74) is 0. The van der Waals surface area contributed by atoms with Gasteiger partial charge in [0.25, 0.3) is 0 Å². The van der Waals surface area contributed by atoms with E-state index in [2.05, 4.69) is 31.9 Å². The number of ether oxygens (including phenoxy) is 1. The minimum Gasteiger partial charge on any atom is -0.465 e. The molecule has 1 aliphatic rings. The lowest BCUT2D eigenvalue weighted by Gasteiger charge is -2.33. The summed E-state index contributed by atoms with van der Waals surface area (Å²) in [7, 11) is -3.77. The molecule has 8 heteroatoms. The van der Waals surface area contributed by atoms with Gasteiger partial charge in [0, 0.05) is 15.5 Å². The summed E-state index contributed by atoms with van der Waals surface area (Å²) in [4.78, 5) is 12.2. The van der Waals surface area contributed by atoms with Crippen LogP contribution in [0.3, 0.4) is 0 Å². The number of halogens is 2. The van der Waals surface area contributed by atoms with Gasteiger partial charge in [-0.2, -0.15) is 4.31 Å². The van der Waals surface area contributed by atoms with Crippen LogP contribution in [-0.2, 0) is 19.6 Å². The minimum atomic E-state index is -3.77. The van der Waals surface area contributed by atoms with Crippen LogP contribution in [0, 0.1) is 0 Å². The molecule has 1 atom stereocenters. The monoisotopic (exact) mass is 453 g/mol. The van der Waals surface area contributed by atoms with Crippen molar-refractivity contribution < 1.29 is 17.9 Å². The molecule has 1 aliphatic heterocycles. The van der Waals surface area contributed by atoms with Gasteiger partial charge in [-0.1, -0.05) is 15.9 Å². The quantitative estimate of drug-likeness (QED) is 0.654. The Morgan fingerprint density at radius 2 is 2.09 bits per heavy atom. The molecule has 0 spiro atoms. The molecule has 22 heavy (non-hydrogen) atoms. The van der Waals surface area contributed by atoms with E-state index in [-0.39, 0.29) is 11.5 Å². The number of rotatable bonds is 4. The Kier molecular flexibility index (Phi) is 6.04. The van der Waals surface area contributed by atoms with Crippen molar-refractivity contribution in [3.05, 3.63) is 27.1 Å². The predicted octanol–water partition coefficient (Wildman–Crippen LogP) is 3.32. The smallest absolute Gasteiger partial charge is 0.324 e. The number of benzene rings is 1. The van der Waals surface area contributed by atoms with Gasteiger partial charge in [0.1, 0.15) is 6.04 Å². The fourth-order valence-electron chi connectivity index (χ4n) is 2.47. The molecule has 2 rings (SSSR count). The van der Waals surface area contributed by atoms with E-state index in [1.165, 1.54) is 10.4 Å². The Hall–Kier alpha value is -0.440. The fourth-order valence-corrected chi connectivity index (χ4v) is 5.58. The van der Waals surface area contributed by atoms with Crippen LogP contribution >= 0.6 is 31.9 Å². The SMILES string of the molecule is CCOC(=O)C1CCCCN1S(=O)(=O)c1cc(Br)ccc1Br. The first-order valence-electron chi connectivity index (χ1n) is 7.01. The fraction of sp³-hybridized carbons (Fsp3) is 0.500. The average Bonchev–Trinajstić information content (AvgIpc) is 2.50. The van der Waals surface area contributed by atoms with E-state index >= 15 is 0 Å². The van der Waals surface area contributed by atoms with E-state index in [4.69, 9.17) is 4.74 Å². The van der Waals surface area contributed by atoms with E-state index in [1.807, 2.05) is 0 Å². The predicted molar refractivity (Wildman–Crippen MR) is 90.0 cm³/mol. The van der Waals surface area contributed by atoms with Gasteiger partial charge in [-0.15, -0.1) is 0 Å². The molecule has 0 radical (unpaired) electrons. The van der Waals surface area contributed by atoms with E-state index in [9.17, 15) is 13.2 Å². The first-order chi connectivity index (χ1) is 10.4. The van der Waals surface area contributed by atoms with Gasteiger partial charge >= 0.3 is 5.97 Å². The van der Waals surface area contributed by atoms with E-state index in [1.54, 1.807) is 19.1 Å². The van der Waals surface area contributed by atoms with Crippen molar-refractivity contribution in [1.82, 2.24) is 4.31 Å². The Labute approximate surface area is 147 Å². The number of hydrogen-bond donors (Lipinski definition) is 0. The van der Waals surface area contributed by atoms with Crippen molar-refractivity contribution in [3.63, 3.8) is 0 Å². The lowest BCUT2D eigenvalue weighted by molar-refractivity contribution is -0.148. The molecule has 0 bridgehead atoms. The summed E-state index contributed by atoms with van der Waals surface area (Å²) in [6, 6.07) is 4.21. The molecule has 122 valence electrons. The van der Waals surface area contributed by atoms with Crippen LogP contribution in [0.25, 0.3) is 0 Å². The summed E-state index contributed by atoms with van der Waals surface area (Å²) < 4.78 is 33.3. The highest BCUT2D eigenvalue weighted by atomic mass is 79.9. The Bertz CT molecular complexity index is 663. The summed E-state index contributed by atoms with van der Waals surface area (Å²) >= 11 is 6.56. The molecule has 1 aromatic rings. The summed E-state index contributed by atoms with van der Waals surface area (Å²) in [6.07, 6.45) is 2.04. The summed E-state index contributed by atoms with van der Waals surface area (Å²) in [6.45, 7) is 2.28. The van der Waals surface area contributed by atoms with Crippen LogP contribution < -0.4 is 0 Å². The maximum absolute atomic E-state index is 12.9. The Morgan fingerprint density at radius 3 is 2.77 bits per heavy atom. The second kappa shape index (κ2) is 7.42. The van der Waals surface area contributed by atoms with Crippen molar-refractivity contribution in [2.24, 2.45) is 0 Å². The topological polar surface area (TPSA) is 63.7 Å². The molecule has 0 aromatic heterocycles. The zero-order valence-electron chi connectivity index (χ0n) is 12.1. The van der Waals surface area contributed by atoms with Crippen LogP contribution in [-0.4, -0.2) is 37.9 Å². The lowest BCUT2D eigenvalue weighted by Crippen LogP contribution is -2.48. The van der Waals surface area contributed by atoms with E-state index in [0.717, 1.165) is 12.8 Å². The highest BCUT2D eigenvalue weighted by Gasteiger charge is 2.39. The largest absolute Gasteiger partial charge is 0.465 e. The van der Waals surface area contributed by atoms with Crippen LogP contribution in [0.1, 0.15) is 26.2 Å². The third kappa shape index (κ3) is 3.72. The van der Waals surface area contributed by atoms with Crippen LogP contribution in [0.15, 0.2) is 32.0 Å². The average molecular weight is 455 g/mol. The molecular formula is C14H17Br2NO4S. The molecule has 0 amide bonds. The minimum absolute atomic E-state index is 0.151. The number of esters is 1. The number of hydrogen-bond acceptors (Lipinski definition) is 4. The first-order valence-corrected chi connectivity index (χ1v) is 10.0. The molecule has 0 saturated carbocycles. The van der Waals surface area contributed by atoms with Crippen molar-refractivity contribution in [2.45, 2.75) is 37.1 Å². The first kappa shape index (κ1) is 17.9. The standard InChI is InChI=1S/C14H17Br2NO4S/c1-2-21-14(18)12-5-3-4-8-17(12)22(19,20)13-9-10(15)6-7-11(13)16/h6-7,9,12H,2-5,8H2,1H3. The third-order valence-corrected chi connectivity index (χ3v) is 6.89. The second-order valence-electron chi connectivity index (χ2n) is 4.95. The molecule has 0 N–H and O–H groups in total. The second-order valence-corrected chi connectivity index (χ2v) is 8.58. The number of carbonyl (C=O) groups is 1. The van der Waals surface area contributed by atoms with Gasteiger partial charge in [-0.25, -0.2) is 8.42 Å². The van der Waals surface area contributed by atoms with Gasteiger partial charge in [0.15, 0.2) is 0 Å². The summed E-state index contributed by atoms with van der Waals surface area (Å²) in [5, 5.41) is 0. The molecule has 0 aliphatic carbocycles. The van der Waals surface area contributed by atoms with Gasteiger partial charge < -0.3 is 4.74 Å². The number of piperidine rings is 1. The number of sulfonamides is 1. The van der Waals surface area contributed by atoms with Gasteiger partial charge in [-0.05, 0) is 60.3 Å². The molecule has 5 nitrogen and oxygen atoms in total. The van der Waals surface area contributed by atoms with Gasteiger partial charge in [0.2, 0.25) is 10.0 Å². The maximum Gasteiger partial charge on any atom is 0.324 e. The number of carbonyl (C=O) groups excluding carboxylic acids is 1. The van der Waals surface area contributed by atoms with Gasteiger partial charge in [0.05, 0.1) is 11.5 Å². The van der Waals surface area contributed by atoms with E-state index < -0.39 is 22.0 Å². The summed E-state index contributed by atoms with van der Waals surface area (Å²) in [5.74, 6) is -0.475. The lowest BCUT2D eigenvalue weighted by atomic mass is 10.1. The maximum atomic E-state index is 12.9. The van der Waals surface area contributed by atoms with Crippen LogP contribution in [0.4, 0.5) is 0 Å². The Morgan fingerprint density at radius 1 is 1.36 bits per heavy atom. The third-order valence-electron chi connectivity index (χ3n) is 3.49. The van der Waals surface area contributed by atoms with Crippen molar-refractivity contribution >= 4 is 47.9 Å². The van der Waals surface area contributed by atoms with Crippen molar-refractivity contribution in [3.8, 4) is 0 Å². The molecule has 1 saturated heterocycles. The highest BCUT2D eigenvalue weighted by Crippen LogP contribution is 2.32. The molecule has 1 fully saturated rings. The molecule has 1 unspecified atom stereocenters. The molecule has 1 heterocycles. The normalized spacial score (nSPS) is 19.9. The Balaban J connectivity index is 2.41.